The third-order valence-electron chi connectivity index (χ3n) is 1.56. The molecular weight excluding hydrogens is 180 g/mol. The molecule has 0 aromatic heterocycles. The number of carbonyl (C=O) groups is 1. The predicted molar refractivity (Wildman–Crippen MR) is 57.2 cm³/mol. The minimum absolute atomic E-state index is 0.0161. The van der Waals surface area contributed by atoms with Crippen molar-refractivity contribution in [3.63, 3.8) is 0 Å². The van der Waals surface area contributed by atoms with Gasteiger partial charge in [-0.25, -0.2) is 0 Å². The van der Waals surface area contributed by atoms with Gasteiger partial charge in [-0.2, -0.15) is 0 Å². The van der Waals surface area contributed by atoms with Gasteiger partial charge >= 0.3 is 0 Å². The van der Waals surface area contributed by atoms with Crippen molar-refractivity contribution in [2.45, 2.75) is 13.3 Å². The van der Waals surface area contributed by atoms with Crippen molar-refractivity contribution in [3.05, 3.63) is 12.2 Å². The van der Waals surface area contributed by atoms with Crippen LogP contribution in [0.3, 0.4) is 0 Å². The lowest BCUT2D eigenvalue weighted by Gasteiger charge is -2.05. The number of carbonyl (C=O) groups excluding carboxylic acids is 1. The van der Waals surface area contributed by atoms with Crippen LogP contribution in [-0.4, -0.2) is 39.3 Å². The zero-order valence-corrected chi connectivity index (χ0v) is 9.06. The van der Waals surface area contributed by atoms with Crippen molar-refractivity contribution in [2.75, 3.05) is 33.4 Å². The van der Waals surface area contributed by atoms with Crippen LogP contribution in [0.4, 0.5) is 0 Å². The summed E-state index contributed by atoms with van der Waals surface area (Å²) in [6, 6.07) is 0. The fourth-order valence-electron chi connectivity index (χ4n) is 0.896. The van der Waals surface area contributed by atoms with Crippen LogP contribution in [0.25, 0.3) is 0 Å². The van der Waals surface area contributed by atoms with Gasteiger partial charge in [-0.1, -0.05) is 12.2 Å². The average molecular weight is 200 g/mol. The van der Waals surface area contributed by atoms with E-state index in [1.54, 1.807) is 7.11 Å². The lowest BCUT2D eigenvalue weighted by molar-refractivity contribution is -0.120. The Hall–Kier alpha value is -0.870. The molecule has 4 heteroatoms. The Morgan fingerprint density at radius 1 is 1.43 bits per heavy atom. The second kappa shape index (κ2) is 8.72. The first-order valence-corrected chi connectivity index (χ1v) is 4.77. The Labute approximate surface area is 85.7 Å². The Morgan fingerprint density at radius 2 is 2.14 bits per heavy atom. The predicted octanol–water partition coefficient (Wildman–Crippen LogP) is 0.305. The number of ether oxygens (including phenoxy) is 1. The van der Waals surface area contributed by atoms with E-state index in [0.717, 1.165) is 12.0 Å². The minimum atomic E-state index is 0.0161. The zero-order valence-electron chi connectivity index (χ0n) is 9.06. The summed E-state index contributed by atoms with van der Waals surface area (Å²) in [6.45, 7) is 8.03. The summed E-state index contributed by atoms with van der Waals surface area (Å²) < 4.78 is 4.86. The lowest BCUT2D eigenvalue weighted by atomic mass is 10.3. The van der Waals surface area contributed by atoms with Crippen molar-refractivity contribution in [1.29, 1.82) is 0 Å². The molecule has 2 N–H and O–H groups in total. The second-order valence-electron chi connectivity index (χ2n) is 3.26. The Kier molecular flexibility index (Phi) is 8.17. The number of hydrogen-bond donors (Lipinski definition) is 2. The molecular formula is C10H20N2O2. The fraction of sp³-hybridized carbons (Fsp3) is 0.700. The highest BCUT2D eigenvalue weighted by atomic mass is 16.5. The molecule has 4 nitrogen and oxygen atoms in total. The van der Waals surface area contributed by atoms with E-state index in [4.69, 9.17) is 4.74 Å². The molecule has 0 spiro atoms. The monoisotopic (exact) mass is 200 g/mol. The van der Waals surface area contributed by atoms with Crippen molar-refractivity contribution in [3.8, 4) is 0 Å². The summed E-state index contributed by atoms with van der Waals surface area (Å²) in [5, 5.41) is 5.76. The molecule has 0 bridgehead atoms. The van der Waals surface area contributed by atoms with Crippen molar-refractivity contribution in [1.82, 2.24) is 10.6 Å². The standard InChI is InChI=1S/C10H20N2O2/c1-9(2)7-11-8-10(13)12-5-4-6-14-3/h11H,1,4-8H2,2-3H3,(H,12,13). The molecule has 14 heavy (non-hydrogen) atoms. The van der Waals surface area contributed by atoms with E-state index in [0.29, 0.717) is 26.2 Å². The molecule has 0 unspecified atom stereocenters. The van der Waals surface area contributed by atoms with E-state index in [1.165, 1.54) is 0 Å². The maximum absolute atomic E-state index is 11.1. The number of amides is 1. The molecule has 0 heterocycles. The molecule has 0 atom stereocenters. The van der Waals surface area contributed by atoms with Gasteiger partial charge in [0.2, 0.25) is 5.91 Å². The maximum atomic E-state index is 11.1. The van der Waals surface area contributed by atoms with Gasteiger partial charge in [-0.3, -0.25) is 4.79 Å². The van der Waals surface area contributed by atoms with E-state index in [2.05, 4.69) is 17.2 Å². The highest BCUT2D eigenvalue weighted by Crippen LogP contribution is 1.81. The topological polar surface area (TPSA) is 50.4 Å². The third kappa shape index (κ3) is 9.22. The van der Waals surface area contributed by atoms with Gasteiger partial charge in [0.1, 0.15) is 0 Å². The smallest absolute Gasteiger partial charge is 0.233 e. The normalized spacial score (nSPS) is 9.86. The summed E-state index contributed by atoms with van der Waals surface area (Å²) >= 11 is 0. The summed E-state index contributed by atoms with van der Waals surface area (Å²) in [4.78, 5) is 11.1. The van der Waals surface area contributed by atoms with Gasteiger partial charge in [0.05, 0.1) is 6.54 Å². The summed E-state index contributed by atoms with van der Waals surface area (Å²) in [5.41, 5.74) is 1.03. The van der Waals surface area contributed by atoms with Crippen LogP contribution in [-0.2, 0) is 9.53 Å². The quantitative estimate of drug-likeness (QED) is 0.438. The first-order valence-electron chi connectivity index (χ1n) is 4.77. The SMILES string of the molecule is C=C(C)CNCC(=O)NCCCOC. The fourth-order valence-corrected chi connectivity index (χ4v) is 0.896. The number of hydrogen-bond acceptors (Lipinski definition) is 3. The van der Waals surface area contributed by atoms with Crippen LogP contribution in [0.15, 0.2) is 12.2 Å². The molecule has 0 aromatic carbocycles. The van der Waals surface area contributed by atoms with E-state index in [-0.39, 0.29) is 5.91 Å². The first-order chi connectivity index (χ1) is 6.66. The van der Waals surface area contributed by atoms with E-state index in [1.807, 2.05) is 6.92 Å². The number of methoxy groups -OCH3 is 1. The van der Waals surface area contributed by atoms with E-state index >= 15 is 0 Å². The molecule has 1 amide bonds. The van der Waals surface area contributed by atoms with Crippen molar-refractivity contribution < 1.29 is 9.53 Å². The van der Waals surface area contributed by atoms with Crippen LogP contribution >= 0.6 is 0 Å². The third-order valence-corrected chi connectivity index (χ3v) is 1.56. The molecule has 0 fully saturated rings. The summed E-state index contributed by atoms with van der Waals surface area (Å²) in [6.07, 6.45) is 0.850. The lowest BCUT2D eigenvalue weighted by Crippen LogP contribution is -2.35. The average Bonchev–Trinajstić information content (AvgIpc) is 2.12. The zero-order chi connectivity index (χ0) is 10.8. The van der Waals surface area contributed by atoms with Crippen LogP contribution < -0.4 is 10.6 Å². The highest BCUT2D eigenvalue weighted by molar-refractivity contribution is 5.77. The molecule has 0 radical (unpaired) electrons. The number of rotatable bonds is 8. The molecule has 82 valence electrons. The largest absolute Gasteiger partial charge is 0.385 e. The molecule has 0 aliphatic rings. The van der Waals surface area contributed by atoms with E-state index in [9.17, 15) is 4.79 Å². The highest BCUT2D eigenvalue weighted by Gasteiger charge is 1.98. The van der Waals surface area contributed by atoms with Gasteiger partial charge in [0.25, 0.3) is 0 Å². The minimum Gasteiger partial charge on any atom is -0.385 e. The van der Waals surface area contributed by atoms with Gasteiger partial charge in [0.15, 0.2) is 0 Å². The molecule has 0 aromatic rings. The Morgan fingerprint density at radius 3 is 2.71 bits per heavy atom. The van der Waals surface area contributed by atoms with Gasteiger partial charge < -0.3 is 15.4 Å². The molecule has 0 aliphatic carbocycles. The molecule has 0 aliphatic heterocycles. The van der Waals surface area contributed by atoms with Gasteiger partial charge in [0, 0.05) is 26.8 Å². The molecule has 0 rings (SSSR count). The van der Waals surface area contributed by atoms with Crippen LogP contribution in [0, 0.1) is 0 Å². The Bertz CT molecular complexity index is 181. The van der Waals surface area contributed by atoms with Crippen molar-refractivity contribution in [2.24, 2.45) is 0 Å². The number of nitrogens with one attached hydrogen (secondary N) is 2. The van der Waals surface area contributed by atoms with E-state index < -0.39 is 0 Å². The van der Waals surface area contributed by atoms with Gasteiger partial charge in [-0.15, -0.1) is 0 Å². The summed E-state index contributed by atoms with van der Waals surface area (Å²) in [7, 11) is 1.65. The van der Waals surface area contributed by atoms with Crippen LogP contribution in [0.1, 0.15) is 13.3 Å². The van der Waals surface area contributed by atoms with Crippen LogP contribution in [0.5, 0.6) is 0 Å². The second-order valence-corrected chi connectivity index (χ2v) is 3.26. The van der Waals surface area contributed by atoms with Gasteiger partial charge in [-0.05, 0) is 13.3 Å². The maximum Gasteiger partial charge on any atom is 0.233 e. The summed E-state index contributed by atoms with van der Waals surface area (Å²) in [5.74, 6) is 0.0161. The van der Waals surface area contributed by atoms with Crippen molar-refractivity contribution >= 4 is 5.91 Å². The molecule has 0 saturated carbocycles. The van der Waals surface area contributed by atoms with Crippen LogP contribution in [0.2, 0.25) is 0 Å². The molecule has 0 saturated heterocycles. The first kappa shape index (κ1) is 13.1. The Balaban J connectivity index is 3.24.